The number of carbonyl (C=O) groups is 2. The van der Waals surface area contributed by atoms with E-state index >= 15 is 0 Å². The van der Waals surface area contributed by atoms with E-state index in [4.69, 9.17) is 9.73 Å². The van der Waals surface area contributed by atoms with Gasteiger partial charge < -0.3 is 4.74 Å². The van der Waals surface area contributed by atoms with Crippen LogP contribution in [0, 0.1) is 25.7 Å². The molecule has 4 aliphatic rings. The summed E-state index contributed by atoms with van der Waals surface area (Å²) in [5, 5.41) is 0. The van der Waals surface area contributed by atoms with Crippen molar-refractivity contribution in [3.63, 3.8) is 0 Å². The molecule has 2 amide bonds. The second-order valence-electron chi connectivity index (χ2n) is 11.0. The Balaban J connectivity index is 1.49. The normalized spacial score (nSPS) is 24.3. The molecule has 1 aliphatic heterocycles. The maximum atomic E-state index is 14.6. The quantitative estimate of drug-likeness (QED) is 0.216. The number of imide groups is 1. The lowest BCUT2D eigenvalue weighted by Gasteiger charge is -2.52. The summed E-state index contributed by atoms with van der Waals surface area (Å²) < 4.78 is 5.87. The summed E-state index contributed by atoms with van der Waals surface area (Å²) in [5.74, 6) is -1.24. The molecule has 8 rings (SSSR count). The first-order valence-corrected chi connectivity index (χ1v) is 13.9. The van der Waals surface area contributed by atoms with Crippen molar-refractivity contribution < 1.29 is 14.3 Å². The lowest BCUT2D eigenvalue weighted by atomic mass is 9.47. The van der Waals surface area contributed by atoms with E-state index in [0.29, 0.717) is 18.0 Å². The number of amides is 2. The third-order valence-electron chi connectivity index (χ3n) is 8.85. The maximum absolute atomic E-state index is 14.6. The second-order valence-corrected chi connectivity index (χ2v) is 11.0. The number of nitrogens with zero attached hydrogens (tertiary/aromatic N) is 2. The Morgan fingerprint density at radius 1 is 0.850 bits per heavy atom. The molecule has 0 aromatic heterocycles. The molecule has 198 valence electrons. The average molecular weight is 527 g/mol. The first-order valence-electron chi connectivity index (χ1n) is 13.9. The fourth-order valence-corrected chi connectivity index (χ4v) is 7.33. The summed E-state index contributed by atoms with van der Waals surface area (Å²) >= 11 is 0. The van der Waals surface area contributed by atoms with Crippen LogP contribution in [0.1, 0.15) is 46.2 Å². The van der Waals surface area contributed by atoms with Crippen molar-refractivity contribution in [1.29, 1.82) is 0 Å². The standard InChI is InChI=1S/C35H30N2O3/c1-4-40-29-16-10-9-15-28(29)37-33(38)31-30-23-11-5-7-13-25(23)35(32(31)34(37)39,26-14-8-6-12-24(26)30)20-36-27-18-17-21(2)19-22(27)3/h5-20,30-32H,4H2,1-3H3/t30?,31-,32+,35?/m1/s1. The third kappa shape index (κ3) is 3.24. The van der Waals surface area contributed by atoms with Crippen LogP contribution in [-0.4, -0.2) is 24.6 Å². The summed E-state index contributed by atoms with van der Waals surface area (Å²) in [6.45, 7) is 6.45. The minimum Gasteiger partial charge on any atom is -0.492 e. The first-order chi connectivity index (χ1) is 19.5. The zero-order chi connectivity index (χ0) is 27.6. The Kier molecular flexibility index (Phi) is 5.53. The minimum atomic E-state index is -0.897. The van der Waals surface area contributed by atoms with E-state index in [1.807, 2.05) is 61.7 Å². The average Bonchev–Trinajstić information content (AvgIpc) is 3.24. The van der Waals surface area contributed by atoms with Gasteiger partial charge in [-0.2, -0.15) is 0 Å². The number of rotatable bonds is 5. The minimum absolute atomic E-state index is 0.180. The summed E-state index contributed by atoms with van der Waals surface area (Å²) in [6.07, 6.45) is 1.96. The van der Waals surface area contributed by atoms with Gasteiger partial charge in [-0.25, -0.2) is 4.90 Å². The van der Waals surface area contributed by atoms with Crippen molar-refractivity contribution in [1.82, 2.24) is 0 Å². The molecule has 2 bridgehead atoms. The molecule has 1 fully saturated rings. The number of para-hydroxylation sites is 2. The summed E-state index contributed by atoms with van der Waals surface area (Å²) in [5.41, 5.74) is 6.99. The van der Waals surface area contributed by atoms with E-state index in [1.54, 1.807) is 6.07 Å². The van der Waals surface area contributed by atoms with Crippen LogP contribution in [0.4, 0.5) is 11.4 Å². The van der Waals surface area contributed by atoms with Crippen molar-refractivity contribution in [3.8, 4) is 5.75 Å². The zero-order valence-corrected chi connectivity index (χ0v) is 22.8. The number of aliphatic imine (C=N–C) groups is 1. The lowest BCUT2D eigenvalue weighted by Crippen LogP contribution is -2.54. The fourth-order valence-electron chi connectivity index (χ4n) is 7.33. The molecule has 3 aliphatic carbocycles. The van der Waals surface area contributed by atoms with Crippen LogP contribution in [0.25, 0.3) is 0 Å². The summed E-state index contributed by atoms with van der Waals surface area (Å²) in [4.78, 5) is 35.5. The van der Waals surface area contributed by atoms with Gasteiger partial charge >= 0.3 is 0 Å². The Morgan fingerprint density at radius 3 is 2.17 bits per heavy atom. The number of benzene rings is 4. The largest absolute Gasteiger partial charge is 0.492 e. The monoisotopic (exact) mass is 526 g/mol. The van der Waals surface area contributed by atoms with Crippen molar-refractivity contribution in [3.05, 3.63) is 124 Å². The van der Waals surface area contributed by atoms with E-state index in [1.165, 1.54) is 10.5 Å². The van der Waals surface area contributed by atoms with Crippen molar-refractivity contribution in [2.45, 2.75) is 32.1 Å². The molecule has 40 heavy (non-hydrogen) atoms. The lowest BCUT2D eigenvalue weighted by molar-refractivity contribution is -0.122. The fraction of sp³-hybridized carbons (Fsp3) is 0.229. The van der Waals surface area contributed by atoms with Crippen LogP contribution >= 0.6 is 0 Å². The number of carbonyl (C=O) groups excluding carboxylic acids is 2. The Morgan fingerprint density at radius 2 is 1.50 bits per heavy atom. The van der Waals surface area contributed by atoms with E-state index in [2.05, 4.69) is 50.2 Å². The molecule has 5 heteroatoms. The van der Waals surface area contributed by atoms with Crippen LogP contribution in [0.15, 0.2) is 96.0 Å². The predicted molar refractivity (Wildman–Crippen MR) is 157 cm³/mol. The number of ether oxygens (including phenoxy) is 1. The molecular weight excluding hydrogens is 496 g/mol. The third-order valence-corrected chi connectivity index (χ3v) is 8.85. The van der Waals surface area contributed by atoms with Gasteiger partial charge in [0.2, 0.25) is 11.8 Å². The van der Waals surface area contributed by atoms with Gasteiger partial charge in [0, 0.05) is 12.1 Å². The first kappa shape index (κ1) is 24.5. The highest BCUT2D eigenvalue weighted by molar-refractivity contribution is 6.25. The van der Waals surface area contributed by atoms with Gasteiger partial charge in [0.1, 0.15) is 5.75 Å². The smallest absolute Gasteiger partial charge is 0.239 e. The Labute approximate surface area is 234 Å². The van der Waals surface area contributed by atoms with Crippen molar-refractivity contribution in [2.75, 3.05) is 11.5 Å². The molecule has 1 heterocycles. The Bertz CT molecular complexity index is 1670. The van der Waals surface area contributed by atoms with E-state index in [9.17, 15) is 9.59 Å². The molecule has 5 nitrogen and oxygen atoms in total. The number of hydrogen-bond donors (Lipinski definition) is 0. The van der Waals surface area contributed by atoms with Crippen LogP contribution in [0.3, 0.4) is 0 Å². The van der Waals surface area contributed by atoms with Gasteiger partial charge in [0.25, 0.3) is 0 Å². The molecule has 0 radical (unpaired) electrons. The highest BCUT2D eigenvalue weighted by Gasteiger charge is 2.68. The molecule has 4 aromatic carbocycles. The van der Waals surface area contributed by atoms with Gasteiger partial charge in [-0.3, -0.25) is 14.6 Å². The molecular formula is C35H30N2O3. The van der Waals surface area contributed by atoms with Crippen LogP contribution in [0.2, 0.25) is 0 Å². The van der Waals surface area contributed by atoms with Gasteiger partial charge in [-0.05, 0) is 66.8 Å². The number of hydrogen-bond acceptors (Lipinski definition) is 4. The highest BCUT2D eigenvalue weighted by atomic mass is 16.5. The maximum Gasteiger partial charge on any atom is 0.239 e. The van der Waals surface area contributed by atoms with Crippen LogP contribution in [-0.2, 0) is 15.0 Å². The molecule has 0 unspecified atom stereocenters. The molecule has 1 saturated heterocycles. The molecule has 0 spiro atoms. The van der Waals surface area contributed by atoms with Gasteiger partial charge in [-0.1, -0.05) is 78.4 Å². The SMILES string of the molecule is CCOc1ccccc1N1C(=O)[C@@H]2C3c4ccccc4C(C=Nc4ccc(C)cc4C)(c4ccccc43)[C@@H]2C1=O. The number of aryl methyl sites for hydroxylation is 2. The van der Waals surface area contributed by atoms with E-state index in [0.717, 1.165) is 33.5 Å². The summed E-state index contributed by atoms with van der Waals surface area (Å²) in [6, 6.07) is 30.0. The van der Waals surface area contributed by atoms with E-state index in [-0.39, 0.29) is 17.7 Å². The van der Waals surface area contributed by atoms with Gasteiger partial charge in [0.15, 0.2) is 0 Å². The van der Waals surface area contributed by atoms with Gasteiger partial charge in [-0.15, -0.1) is 0 Å². The van der Waals surface area contributed by atoms with Gasteiger partial charge in [0.05, 0.1) is 35.2 Å². The predicted octanol–water partition coefficient (Wildman–Crippen LogP) is 6.66. The van der Waals surface area contributed by atoms with Crippen LogP contribution < -0.4 is 9.64 Å². The number of anilines is 1. The topological polar surface area (TPSA) is 59.0 Å². The molecule has 4 aromatic rings. The van der Waals surface area contributed by atoms with E-state index < -0.39 is 17.3 Å². The van der Waals surface area contributed by atoms with Crippen LogP contribution in [0.5, 0.6) is 5.75 Å². The molecule has 0 N–H and O–H groups in total. The second kappa shape index (κ2) is 9.02. The zero-order valence-electron chi connectivity index (χ0n) is 22.8. The van der Waals surface area contributed by atoms with Crippen molar-refractivity contribution >= 4 is 29.4 Å². The molecule has 0 saturated carbocycles. The Hall–Kier alpha value is -4.51. The highest BCUT2D eigenvalue weighted by Crippen LogP contribution is 2.64. The summed E-state index contributed by atoms with van der Waals surface area (Å²) in [7, 11) is 0. The van der Waals surface area contributed by atoms with Crippen molar-refractivity contribution in [2.24, 2.45) is 16.8 Å². The molecule has 2 atom stereocenters.